The summed E-state index contributed by atoms with van der Waals surface area (Å²) < 4.78 is 24.1. The molecule has 0 rings (SSSR count). The summed E-state index contributed by atoms with van der Waals surface area (Å²) in [6.07, 6.45) is 2.64. The molecule has 0 aliphatic rings. The molecule has 0 aromatic carbocycles. The van der Waals surface area contributed by atoms with E-state index in [2.05, 4.69) is 23.2 Å². The Morgan fingerprint density at radius 2 is 1.85 bits per heavy atom. The fraction of sp³-hybridized carbons (Fsp3) is 0.909. The first-order valence-electron chi connectivity index (χ1n) is 6.36. The lowest BCUT2D eigenvalue weighted by Gasteiger charge is -2.15. The molecule has 0 radical (unpaired) electrons. The molecule has 20 heavy (non-hydrogen) atoms. The van der Waals surface area contributed by atoms with Crippen molar-refractivity contribution in [3.63, 3.8) is 0 Å². The third kappa shape index (κ3) is 19.8. The molecule has 0 amide bonds. The third-order valence-corrected chi connectivity index (χ3v) is 2.34. The molecule has 0 heterocycles. The van der Waals surface area contributed by atoms with Gasteiger partial charge in [-0.25, -0.2) is 5.90 Å². The molecule has 2 unspecified atom stereocenters. The molecule has 0 spiro atoms. The van der Waals surface area contributed by atoms with Gasteiger partial charge in [-0.05, 0) is 0 Å². The Morgan fingerprint density at radius 1 is 1.25 bits per heavy atom. The first-order chi connectivity index (χ1) is 9.47. The topological polar surface area (TPSA) is 117 Å². The lowest BCUT2D eigenvalue weighted by molar-refractivity contribution is -0.144. The Morgan fingerprint density at radius 3 is 2.25 bits per heavy atom. The lowest BCUT2D eigenvalue weighted by Crippen LogP contribution is -2.24. The molecule has 0 aromatic heterocycles. The fourth-order valence-electron chi connectivity index (χ4n) is 0.822. The van der Waals surface area contributed by atoms with Gasteiger partial charge in [0.25, 0.3) is 0 Å². The third-order valence-electron chi connectivity index (χ3n) is 1.97. The van der Waals surface area contributed by atoms with Crippen LogP contribution in [0, 0.1) is 5.92 Å². The quantitative estimate of drug-likeness (QED) is 0.203. The van der Waals surface area contributed by atoms with Gasteiger partial charge in [-0.15, -0.1) is 0 Å². The highest BCUT2D eigenvalue weighted by Crippen LogP contribution is 2.13. The van der Waals surface area contributed by atoms with E-state index in [-0.39, 0.29) is 32.5 Å². The van der Waals surface area contributed by atoms with Crippen molar-refractivity contribution in [1.29, 1.82) is 0 Å². The van der Waals surface area contributed by atoms with Gasteiger partial charge >= 0.3 is 14.2 Å². The van der Waals surface area contributed by atoms with Crippen LogP contribution in [0.4, 0.5) is 0 Å². The van der Waals surface area contributed by atoms with Gasteiger partial charge in [0.2, 0.25) is 0 Å². The Kier molecular flexibility index (Phi) is 18.0. The molecular weight excluding hydrogens is 289 g/mol. The van der Waals surface area contributed by atoms with Gasteiger partial charge < -0.3 is 19.2 Å². The highest BCUT2D eigenvalue weighted by atomic mass is 31.1. The minimum absolute atomic E-state index is 0.0981. The molecule has 122 valence electrons. The maximum Gasteiger partial charge on any atom is 0.318 e. The van der Waals surface area contributed by atoms with Crippen LogP contribution in [0.25, 0.3) is 0 Å². The van der Waals surface area contributed by atoms with Crippen molar-refractivity contribution in [2.45, 2.75) is 33.6 Å². The van der Waals surface area contributed by atoms with Crippen LogP contribution in [0.1, 0.15) is 33.6 Å². The van der Waals surface area contributed by atoms with Crippen molar-refractivity contribution < 1.29 is 33.1 Å². The summed E-state index contributed by atoms with van der Waals surface area (Å²) in [7, 11) is -2.99. The van der Waals surface area contributed by atoms with Crippen molar-refractivity contribution in [3.05, 3.63) is 0 Å². The number of unbranched alkanes of at least 4 members (excludes halogenated alkanes) is 1. The fourth-order valence-corrected chi connectivity index (χ4v) is 1.01. The summed E-state index contributed by atoms with van der Waals surface area (Å²) in [5.74, 6) is 4.21. The van der Waals surface area contributed by atoms with Crippen LogP contribution < -0.4 is 5.90 Å². The number of hydrogen-bond donors (Lipinski definition) is 2. The van der Waals surface area contributed by atoms with Crippen molar-refractivity contribution >= 4 is 14.2 Å². The second-order valence-corrected chi connectivity index (χ2v) is 4.72. The average molecular weight is 315 g/mol. The van der Waals surface area contributed by atoms with Gasteiger partial charge in [-0.1, -0.05) is 26.7 Å². The van der Waals surface area contributed by atoms with Crippen LogP contribution in [0.5, 0.6) is 0 Å². The van der Waals surface area contributed by atoms with E-state index in [1.807, 2.05) is 0 Å². The van der Waals surface area contributed by atoms with Crippen LogP contribution >= 0.6 is 8.25 Å². The second kappa shape index (κ2) is 16.6. The minimum Gasteiger partial charge on any atom is -0.465 e. The molecule has 0 aliphatic heterocycles. The largest absolute Gasteiger partial charge is 0.465 e. The van der Waals surface area contributed by atoms with Gasteiger partial charge in [0.15, 0.2) is 6.79 Å². The standard InChI is InChI=1S/C7H16NO7P.C4H10/c1-6(9)13-3-7(4-14-8)2-12-5-15-16(10)11;1-3-4-2/h7,16H,2-5,8H2,1H3,(H,10,11);3-4H2,1-2H3. The molecule has 0 aliphatic carbocycles. The van der Waals surface area contributed by atoms with Crippen molar-refractivity contribution in [2.75, 3.05) is 26.6 Å². The Labute approximate surface area is 120 Å². The van der Waals surface area contributed by atoms with Crippen LogP contribution in [0.2, 0.25) is 0 Å². The van der Waals surface area contributed by atoms with E-state index in [4.69, 9.17) is 20.3 Å². The normalized spacial score (nSPS) is 13.1. The molecule has 0 saturated heterocycles. The Hall–Kier alpha value is -0.500. The van der Waals surface area contributed by atoms with E-state index >= 15 is 0 Å². The zero-order valence-corrected chi connectivity index (χ0v) is 13.3. The average Bonchev–Trinajstić information content (AvgIpc) is 2.40. The maximum atomic E-state index is 10.5. The maximum absolute atomic E-state index is 10.5. The first kappa shape index (κ1) is 21.8. The summed E-state index contributed by atoms with van der Waals surface area (Å²) in [5, 5.41) is 0. The van der Waals surface area contributed by atoms with Crippen molar-refractivity contribution in [2.24, 2.45) is 11.8 Å². The van der Waals surface area contributed by atoms with Gasteiger partial charge in [0.1, 0.15) is 0 Å². The number of rotatable bonds is 10. The van der Waals surface area contributed by atoms with Crippen LogP contribution in [0.15, 0.2) is 0 Å². The Balaban J connectivity index is 0. The van der Waals surface area contributed by atoms with Crippen LogP contribution in [0.3, 0.4) is 0 Å². The highest BCUT2D eigenvalue weighted by Gasteiger charge is 2.11. The highest BCUT2D eigenvalue weighted by molar-refractivity contribution is 7.32. The van der Waals surface area contributed by atoms with E-state index in [1.165, 1.54) is 19.8 Å². The second-order valence-electron chi connectivity index (χ2n) is 3.90. The monoisotopic (exact) mass is 315 g/mol. The van der Waals surface area contributed by atoms with E-state index in [9.17, 15) is 9.36 Å². The van der Waals surface area contributed by atoms with E-state index in [0.29, 0.717) is 0 Å². The SMILES string of the molecule is CC(=O)OCC(CON)COCO[PH](=O)O.CCCC. The van der Waals surface area contributed by atoms with Gasteiger partial charge in [0, 0.05) is 12.8 Å². The van der Waals surface area contributed by atoms with Gasteiger partial charge in [-0.2, -0.15) is 0 Å². The number of esters is 1. The molecule has 9 heteroatoms. The van der Waals surface area contributed by atoms with Crippen molar-refractivity contribution in [1.82, 2.24) is 0 Å². The smallest absolute Gasteiger partial charge is 0.318 e. The molecule has 0 fully saturated rings. The molecule has 3 N–H and O–H groups in total. The summed E-state index contributed by atoms with van der Waals surface area (Å²) >= 11 is 0. The summed E-state index contributed by atoms with van der Waals surface area (Å²) in [6, 6.07) is 0. The number of nitrogens with two attached hydrogens (primary N) is 1. The van der Waals surface area contributed by atoms with E-state index in [0.717, 1.165) is 0 Å². The zero-order chi connectivity index (χ0) is 15.8. The lowest BCUT2D eigenvalue weighted by atomic mass is 10.2. The number of carbonyl (C=O) groups excluding carboxylic acids is 1. The van der Waals surface area contributed by atoms with Gasteiger partial charge in [0.05, 0.1) is 19.8 Å². The molecule has 2 atom stereocenters. The van der Waals surface area contributed by atoms with Crippen LogP contribution in [-0.4, -0.2) is 37.5 Å². The van der Waals surface area contributed by atoms with Gasteiger partial charge in [-0.3, -0.25) is 13.9 Å². The minimum atomic E-state index is -2.99. The van der Waals surface area contributed by atoms with E-state index < -0.39 is 14.2 Å². The van der Waals surface area contributed by atoms with Crippen LogP contribution in [-0.2, 0) is 28.2 Å². The Bertz CT molecular complexity index is 251. The summed E-state index contributed by atoms with van der Waals surface area (Å²) in [6.45, 7) is 5.71. The first-order valence-corrected chi connectivity index (χ1v) is 7.62. The zero-order valence-electron chi connectivity index (χ0n) is 12.3. The number of hydrogen-bond acceptors (Lipinski definition) is 7. The molecular formula is C11H26NO7P. The van der Waals surface area contributed by atoms with E-state index in [1.54, 1.807) is 0 Å². The number of ether oxygens (including phenoxy) is 2. The van der Waals surface area contributed by atoms with Crippen molar-refractivity contribution in [3.8, 4) is 0 Å². The molecule has 0 saturated carbocycles. The number of carbonyl (C=O) groups is 1. The molecule has 8 nitrogen and oxygen atoms in total. The predicted octanol–water partition coefficient (Wildman–Crippen LogP) is 1.24. The summed E-state index contributed by atoms with van der Waals surface area (Å²) in [5.41, 5.74) is 0. The predicted molar refractivity (Wildman–Crippen MR) is 74.0 cm³/mol. The summed E-state index contributed by atoms with van der Waals surface area (Å²) in [4.78, 5) is 23.3. The molecule has 0 aromatic rings. The molecule has 0 bridgehead atoms.